The minimum absolute atomic E-state index is 0. The van der Waals surface area contributed by atoms with Crippen molar-refractivity contribution in [3.8, 4) is 5.88 Å². The molecule has 1 N–H and O–H groups in total. The number of hydrogen-bond donors (Lipinski definition) is 1. The maximum absolute atomic E-state index is 6.09. The topological polar surface area (TPSA) is 62.2 Å². The van der Waals surface area contributed by atoms with Crippen LogP contribution in [0, 0.1) is 0 Å². The van der Waals surface area contributed by atoms with Crippen molar-refractivity contribution in [2.75, 3.05) is 40.4 Å². The molecule has 1 aromatic carbocycles. The van der Waals surface area contributed by atoms with E-state index in [4.69, 9.17) is 9.47 Å². The molecule has 2 saturated heterocycles. The van der Waals surface area contributed by atoms with Crippen molar-refractivity contribution in [3.63, 3.8) is 0 Å². The Labute approximate surface area is 195 Å². The molecular formula is C22H30IN5O2. The minimum atomic E-state index is 0. The van der Waals surface area contributed by atoms with Crippen molar-refractivity contribution in [1.82, 2.24) is 20.1 Å². The number of halogens is 1. The van der Waals surface area contributed by atoms with Crippen molar-refractivity contribution in [1.29, 1.82) is 0 Å². The predicted octanol–water partition coefficient (Wildman–Crippen LogP) is 2.37. The third-order valence-corrected chi connectivity index (χ3v) is 5.57. The number of morpholine rings is 1. The molecule has 4 rings (SSSR count). The number of nitrogens with zero attached hydrogens (tertiary/aromatic N) is 4. The highest BCUT2D eigenvalue weighted by Gasteiger charge is 2.41. The standard InChI is InChI=1S/C22H29N5O2.HI/c1-23-22(24-13-18-9-6-10-21(25-18)28-2)27-15-19-20(16-27)29-12-11-26(19)14-17-7-4-3-5-8-17;/h3-10,19-20H,11-16H2,1-2H3,(H,23,24);1H. The predicted molar refractivity (Wildman–Crippen MR) is 128 cm³/mol. The van der Waals surface area contributed by atoms with Crippen LogP contribution in [0.2, 0.25) is 0 Å². The number of fused-ring (bicyclic) bond motifs is 1. The molecule has 162 valence electrons. The van der Waals surface area contributed by atoms with E-state index in [1.54, 1.807) is 7.11 Å². The molecule has 0 radical (unpaired) electrons. The number of hydrogen-bond acceptors (Lipinski definition) is 5. The molecule has 0 amide bonds. The number of guanidine groups is 1. The Hall–Kier alpha value is -1.91. The fraction of sp³-hybridized carbons (Fsp3) is 0.455. The number of pyridine rings is 1. The first-order chi connectivity index (χ1) is 14.3. The molecule has 7 nitrogen and oxygen atoms in total. The second kappa shape index (κ2) is 10.9. The van der Waals surface area contributed by atoms with Gasteiger partial charge in [0.25, 0.3) is 0 Å². The summed E-state index contributed by atoms with van der Waals surface area (Å²) in [6, 6.07) is 16.8. The summed E-state index contributed by atoms with van der Waals surface area (Å²) < 4.78 is 11.3. The average molecular weight is 523 g/mol. The highest BCUT2D eigenvalue weighted by atomic mass is 127. The summed E-state index contributed by atoms with van der Waals surface area (Å²) in [7, 11) is 3.46. The Bertz CT molecular complexity index is 835. The molecular weight excluding hydrogens is 493 g/mol. The lowest BCUT2D eigenvalue weighted by Crippen LogP contribution is -2.50. The quantitative estimate of drug-likeness (QED) is 0.369. The summed E-state index contributed by atoms with van der Waals surface area (Å²) in [5, 5.41) is 3.44. The monoisotopic (exact) mass is 523 g/mol. The summed E-state index contributed by atoms with van der Waals surface area (Å²) in [5.74, 6) is 1.50. The minimum Gasteiger partial charge on any atom is -0.481 e. The van der Waals surface area contributed by atoms with Crippen LogP contribution in [0.15, 0.2) is 53.5 Å². The molecule has 2 aliphatic heterocycles. The highest BCUT2D eigenvalue weighted by Crippen LogP contribution is 2.24. The van der Waals surface area contributed by atoms with E-state index in [-0.39, 0.29) is 30.1 Å². The summed E-state index contributed by atoms with van der Waals surface area (Å²) in [6.07, 6.45) is 0.209. The average Bonchev–Trinajstić information content (AvgIpc) is 3.20. The molecule has 0 bridgehead atoms. The van der Waals surface area contributed by atoms with Gasteiger partial charge in [0, 0.05) is 39.3 Å². The molecule has 1 aromatic heterocycles. The smallest absolute Gasteiger partial charge is 0.213 e. The van der Waals surface area contributed by atoms with E-state index in [1.807, 2.05) is 25.2 Å². The maximum Gasteiger partial charge on any atom is 0.213 e. The fourth-order valence-electron chi connectivity index (χ4n) is 4.12. The number of aromatic nitrogens is 1. The van der Waals surface area contributed by atoms with Crippen LogP contribution in [0.25, 0.3) is 0 Å². The Morgan fingerprint density at radius 3 is 2.80 bits per heavy atom. The SMILES string of the molecule is CN=C(NCc1cccc(OC)n1)N1CC2OCCN(Cc3ccccc3)C2C1.I. The molecule has 2 unspecified atom stereocenters. The van der Waals surface area contributed by atoms with Crippen molar-refractivity contribution in [3.05, 3.63) is 59.8 Å². The first-order valence-corrected chi connectivity index (χ1v) is 10.1. The molecule has 0 spiro atoms. The molecule has 0 saturated carbocycles. The summed E-state index contributed by atoms with van der Waals surface area (Å²) in [6.45, 7) is 5.05. The van der Waals surface area contributed by atoms with Crippen molar-refractivity contribution in [2.45, 2.75) is 25.2 Å². The number of ether oxygens (including phenoxy) is 2. The lowest BCUT2D eigenvalue weighted by Gasteiger charge is -2.36. The van der Waals surface area contributed by atoms with E-state index in [1.165, 1.54) is 5.56 Å². The Morgan fingerprint density at radius 1 is 1.20 bits per heavy atom. The van der Waals surface area contributed by atoms with Gasteiger partial charge in [-0.3, -0.25) is 9.89 Å². The Kier molecular flexibility index (Phi) is 8.29. The van der Waals surface area contributed by atoms with Gasteiger partial charge in [0.1, 0.15) is 0 Å². The van der Waals surface area contributed by atoms with Crippen LogP contribution in [0.5, 0.6) is 5.88 Å². The van der Waals surface area contributed by atoms with Crippen LogP contribution in [0.3, 0.4) is 0 Å². The van der Waals surface area contributed by atoms with Gasteiger partial charge in [-0.2, -0.15) is 0 Å². The first kappa shape index (κ1) is 22.8. The normalized spacial score (nSPS) is 21.7. The van der Waals surface area contributed by atoms with E-state index in [2.05, 4.69) is 55.4 Å². The van der Waals surface area contributed by atoms with E-state index >= 15 is 0 Å². The number of likely N-dealkylation sites (tertiary alicyclic amines) is 1. The van der Waals surface area contributed by atoms with Crippen LogP contribution in [-0.4, -0.2) is 73.3 Å². The zero-order valence-electron chi connectivity index (χ0n) is 17.5. The van der Waals surface area contributed by atoms with E-state index in [0.717, 1.165) is 44.4 Å². The van der Waals surface area contributed by atoms with Gasteiger partial charge in [-0.05, 0) is 11.6 Å². The molecule has 2 aliphatic rings. The molecule has 0 aliphatic carbocycles. The fourth-order valence-corrected chi connectivity index (χ4v) is 4.12. The zero-order valence-corrected chi connectivity index (χ0v) is 19.9. The molecule has 2 atom stereocenters. The number of benzene rings is 1. The lowest BCUT2D eigenvalue weighted by atomic mass is 10.1. The highest BCUT2D eigenvalue weighted by molar-refractivity contribution is 14.0. The van der Waals surface area contributed by atoms with Gasteiger partial charge >= 0.3 is 0 Å². The van der Waals surface area contributed by atoms with Crippen LogP contribution < -0.4 is 10.1 Å². The summed E-state index contributed by atoms with van der Waals surface area (Å²) in [5.41, 5.74) is 2.27. The van der Waals surface area contributed by atoms with E-state index < -0.39 is 0 Å². The van der Waals surface area contributed by atoms with Gasteiger partial charge in [0.2, 0.25) is 5.88 Å². The zero-order chi connectivity index (χ0) is 20.1. The largest absolute Gasteiger partial charge is 0.481 e. The van der Waals surface area contributed by atoms with Gasteiger partial charge in [-0.1, -0.05) is 36.4 Å². The van der Waals surface area contributed by atoms with Crippen LogP contribution in [-0.2, 0) is 17.8 Å². The van der Waals surface area contributed by atoms with E-state index in [0.29, 0.717) is 18.5 Å². The number of methoxy groups -OCH3 is 1. The van der Waals surface area contributed by atoms with Gasteiger partial charge in [0.05, 0.1) is 38.1 Å². The van der Waals surface area contributed by atoms with Gasteiger partial charge in [-0.15, -0.1) is 24.0 Å². The maximum atomic E-state index is 6.09. The molecule has 2 aromatic rings. The molecule has 3 heterocycles. The summed E-state index contributed by atoms with van der Waals surface area (Å²) >= 11 is 0. The lowest BCUT2D eigenvalue weighted by molar-refractivity contribution is -0.0502. The number of aliphatic imine (C=N–C) groups is 1. The Morgan fingerprint density at radius 2 is 2.03 bits per heavy atom. The third-order valence-electron chi connectivity index (χ3n) is 5.57. The summed E-state index contributed by atoms with van der Waals surface area (Å²) in [4.78, 5) is 13.8. The van der Waals surface area contributed by atoms with Gasteiger partial charge < -0.3 is 19.7 Å². The van der Waals surface area contributed by atoms with Crippen molar-refractivity contribution >= 4 is 29.9 Å². The van der Waals surface area contributed by atoms with Gasteiger partial charge in [-0.25, -0.2) is 4.98 Å². The molecule has 30 heavy (non-hydrogen) atoms. The number of rotatable bonds is 5. The molecule has 2 fully saturated rings. The van der Waals surface area contributed by atoms with Crippen LogP contribution >= 0.6 is 24.0 Å². The third kappa shape index (κ3) is 5.41. The van der Waals surface area contributed by atoms with Gasteiger partial charge in [0.15, 0.2) is 5.96 Å². The second-order valence-corrected chi connectivity index (χ2v) is 7.41. The van der Waals surface area contributed by atoms with Crippen LogP contribution in [0.1, 0.15) is 11.3 Å². The van der Waals surface area contributed by atoms with Crippen molar-refractivity contribution in [2.24, 2.45) is 4.99 Å². The van der Waals surface area contributed by atoms with Crippen LogP contribution in [0.4, 0.5) is 0 Å². The second-order valence-electron chi connectivity index (χ2n) is 7.41. The Balaban J connectivity index is 0.00000256. The van der Waals surface area contributed by atoms with Crippen molar-refractivity contribution < 1.29 is 9.47 Å². The van der Waals surface area contributed by atoms with E-state index in [9.17, 15) is 0 Å². The molecule has 8 heteroatoms. The first-order valence-electron chi connectivity index (χ1n) is 10.1. The number of nitrogens with one attached hydrogen (secondary N) is 1.